The molecule has 0 aromatic rings. The van der Waals surface area contributed by atoms with Crippen LogP contribution in [-0.4, -0.2) is 21.3 Å². The Morgan fingerprint density at radius 3 is 0.571 bits per heavy atom. The van der Waals surface area contributed by atoms with E-state index in [1.807, 2.05) is 0 Å². The van der Waals surface area contributed by atoms with Crippen molar-refractivity contribution in [1.82, 2.24) is 0 Å². The summed E-state index contributed by atoms with van der Waals surface area (Å²) < 4.78 is 0. The molecule has 0 aromatic carbocycles. The summed E-state index contributed by atoms with van der Waals surface area (Å²) in [5, 5.41) is 24.8. The van der Waals surface area contributed by atoms with Crippen molar-refractivity contribution < 1.29 is 52.2 Å². The Hall–Kier alpha value is 1.11. The van der Waals surface area contributed by atoms with Gasteiger partial charge in [-0.3, -0.25) is 0 Å². The summed E-state index contributed by atoms with van der Waals surface area (Å²) in [5.41, 5.74) is 0. The van der Waals surface area contributed by atoms with Crippen molar-refractivity contribution in [3.8, 4) is 0 Å². The van der Waals surface area contributed by atoms with Crippen molar-refractivity contribution in [2.24, 2.45) is 0 Å². The van der Waals surface area contributed by atoms with Gasteiger partial charge in [-0.05, 0) is 0 Å². The zero-order chi connectivity index (χ0) is 6.00. The van der Waals surface area contributed by atoms with E-state index in [9.17, 15) is 0 Å². The summed E-state index contributed by atoms with van der Waals surface area (Å²) in [7, 11) is 2.25. The maximum absolute atomic E-state index is 8.25. The fraction of sp³-hybridized carbons (Fsp3) is 1.00. The Morgan fingerprint density at radius 1 is 0.571 bits per heavy atom. The van der Waals surface area contributed by atoms with Gasteiger partial charge in [0, 0.05) is 0 Å². The molecule has 0 radical (unpaired) electrons. The normalized spacial score (nSPS) is 2.57. The van der Waals surface area contributed by atoms with Crippen molar-refractivity contribution in [1.29, 1.82) is 0 Å². The van der Waals surface area contributed by atoms with Crippen LogP contribution in [0.15, 0.2) is 0 Å². The van der Waals surface area contributed by atoms with Crippen LogP contribution in [0.1, 0.15) is 0 Å². The van der Waals surface area contributed by atoms with Crippen LogP contribution in [0.2, 0.25) is 0 Å². The minimum Gasteiger partial charge on any atom is -0.857 e. The third-order valence-electron chi connectivity index (χ3n) is 0. The van der Waals surface area contributed by atoms with Crippen LogP contribution in [0.25, 0.3) is 0 Å². The molecule has 0 unspecified atom stereocenters. The van der Waals surface area contributed by atoms with Crippen LogP contribution in [0.4, 0.5) is 0 Å². The van der Waals surface area contributed by atoms with Crippen LogP contribution in [0, 0.1) is 36.9 Å². The molecule has 0 aliphatic heterocycles. The van der Waals surface area contributed by atoms with Gasteiger partial charge in [0.15, 0.2) is 0 Å². The van der Waals surface area contributed by atoms with E-state index in [0.29, 0.717) is 0 Å². The molecule has 0 atom stereocenters. The van der Waals surface area contributed by atoms with E-state index >= 15 is 0 Å². The Balaban J connectivity index is -0.00000000900. The van der Waals surface area contributed by atoms with E-state index in [-0.39, 0.29) is 36.9 Å². The van der Waals surface area contributed by atoms with Gasteiger partial charge in [0.2, 0.25) is 0 Å². The standard InChI is InChI=1S/3CH3O.Lu/c3*1-2;/h3*1H3;/q3*-1;+3. The summed E-state index contributed by atoms with van der Waals surface area (Å²) in [5.74, 6) is 0. The maximum atomic E-state index is 8.25. The molecule has 0 spiro atoms. The van der Waals surface area contributed by atoms with Crippen LogP contribution < -0.4 is 15.3 Å². The SMILES string of the molecule is C[O-].C[O-].C[O-].[Lu+3]. The first kappa shape index (κ1) is 24.3. The minimum atomic E-state index is 0. The van der Waals surface area contributed by atoms with E-state index in [1.165, 1.54) is 0 Å². The van der Waals surface area contributed by atoms with E-state index in [4.69, 9.17) is 15.3 Å². The predicted octanol–water partition coefficient (Wildman–Crippen LogP) is -3.07. The number of rotatable bonds is 0. The second-order valence-corrected chi connectivity index (χ2v) is 0. The molecule has 7 heavy (non-hydrogen) atoms. The fourth-order valence-electron chi connectivity index (χ4n) is 0. The fourth-order valence-corrected chi connectivity index (χ4v) is 0. The van der Waals surface area contributed by atoms with Gasteiger partial charge in [0.05, 0.1) is 0 Å². The molecule has 0 aromatic heterocycles. The molecule has 0 heterocycles. The van der Waals surface area contributed by atoms with Gasteiger partial charge in [-0.25, -0.2) is 0 Å². The Bertz CT molecular complexity index is 10.1. The third kappa shape index (κ3) is 150. The van der Waals surface area contributed by atoms with Crippen LogP contribution in [-0.2, 0) is 0 Å². The molecule has 0 amide bonds. The Labute approximate surface area is 73.2 Å². The van der Waals surface area contributed by atoms with Gasteiger partial charge in [0.25, 0.3) is 0 Å². The predicted molar refractivity (Wildman–Crippen MR) is 17.8 cm³/mol. The first-order valence-electron chi connectivity index (χ1n) is 1.22. The van der Waals surface area contributed by atoms with Crippen LogP contribution in [0.5, 0.6) is 0 Å². The first-order valence-corrected chi connectivity index (χ1v) is 1.22. The first-order chi connectivity index (χ1) is 3.00. The number of hydrogen-bond acceptors (Lipinski definition) is 3. The largest absolute Gasteiger partial charge is 3.00 e. The molecule has 0 aliphatic carbocycles. The monoisotopic (exact) mass is 268 g/mol. The average Bonchev–Trinajstić information content (AvgIpc) is 1.81. The van der Waals surface area contributed by atoms with Crippen LogP contribution in [0.3, 0.4) is 0 Å². The van der Waals surface area contributed by atoms with Gasteiger partial charge in [-0.15, -0.1) is 0 Å². The molecule has 0 aliphatic rings. The van der Waals surface area contributed by atoms with Crippen molar-refractivity contribution >= 4 is 0 Å². The van der Waals surface area contributed by atoms with Crippen molar-refractivity contribution in [2.75, 3.05) is 21.3 Å². The molecule has 0 bridgehead atoms. The van der Waals surface area contributed by atoms with Crippen molar-refractivity contribution in [3.63, 3.8) is 0 Å². The molecule has 3 nitrogen and oxygen atoms in total. The van der Waals surface area contributed by atoms with E-state index in [0.717, 1.165) is 21.3 Å². The van der Waals surface area contributed by atoms with Crippen molar-refractivity contribution in [2.45, 2.75) is 0 Å². The quantitative estimate of drug-likeness (QED) is 0.468. The summed E-state index contributed by atoms with van der Waals surface area (Å²) >= 11 is 0. The summed E-state index contributed by atoms with van der Waals surface area (Å²) in [4.78, 5) is 0. The van der Waals surface area contributed by atoms with Gasteiger partial charge >= 0.3 is 36.9 Å². The molecule has 0 N–H and O–H groups in total. The van der Waals surface area contributed by atoms with E-state index in [1.54, 1.807) is 0 Å². The van der Waals surface area contributed by atoms with Crippen molar-refractivity contribution in [3.05, 3.63) is 0 Å². The number of hydrogen-bond donors (Lipinski definition) is 0. The molecule has 0 rings (SSSR count). The minimum absolute atomic E-state index is 0. The topological polar surface area (TPSA) is 69.2 Å². The summed E-state index contributed by atoms with van der Waals surface area (Å²) in [6.45, 7) is 0. The third-order valence-corrected chi connectivity index (χ3v) is 0. The summed E-state index contributed by atoms with van der Waals surface area (Å²) in [6, 6.07) is 0. The zero-order valence-corrected chi connectivity index (χ0v) is 6.14. The second-order valence-electron chi connectivity index (χ2n) is 0. The van der Waals surface area contributed by atoms with Gasteiger partial charge in [-0.2, -0.15) is 21.3 Å². The molecule has 54 valence electrons. The Morgan fingerprint density at radius 2 is 0.571 bits per heavy atom. The molecular weight excluding hydrogens is 259 g/mol. The zero-order valence-electron chi connectivity index (χ0n) is 4.48. The summed E-state index contributed by atoms with van der Waals surface area (Å²) in [6.07, 6.45) is 0. The van der Waals surface area contributed by atoms with Gasteiger partial charge in [0.1, 0.15) is 0 Å². The smallest absolute Gasteiger partial charge is 0.857 e. The second kappa shape index (κ2) is 214. The molecule has 0 fully saturated rings. The molecule has 0 saturated heterocycles. The van der Waals surface area contributed by atoms with Crippen LogP contribution >= 0.6 is 0 Å². The average molecular weight is 268 g/mol. The molecular formula is C3H9LuO3. The van der Waals surface area contributed by atoms with E-state index in [2.05, 4.69) is 0 Å². The molecule has 0 saturated carbocycles. The molecule has 4 heteroatoms. The Kier molecular flexibility index (Phi) is 743. The maximum Gasteiger partial charge on any atom is 3.00 e. The van der Waals surface area contributed by atoms with E-state index < -0.39 is 0 Å². The van der Waals surface area contributed by atoms with Gasteiger partial charge in [-0.1, -0.05) is 0 Å². The van der Waals surface area contributed by atoms with Gasteiger partial charge < -0.3 is 15.3 Å².